The molecule has 0 saturated carbocycles. The van der Waals surface area contributed by atoms with Gasteiger partial charge in [-0.3, -0.25) is 4.98 Å². The Kier molecular flexibility index (Phi) is 3.14. The number of carboxylic acid groups (broad SMARTS) is 1. The highest BCUT2D eigenvalue weighted by Gasteiger charge is 2.18. The lowest BCUT2D eigenvalue weighted by atomic mass is 10.0. The molecular formula is C16H15NO3. The van der Waals surface area contributed by atoms with Gasteiger partial charge in [0.05, 0.1) is 12.6 Å². The topological polar surface area (TPSA) is 59.4 Å². The molecule has 0 aliphatic heterocycles. The number of pyridine rings is 1. The second-order valence-corrected chi connectivity index (χ2v) is 4.86. The summed E-state index contributed by atoms with van der Waals surface area (Å²) >= 11 is 0. The molecular weight excluding hydrogens is 254 g/mol. The molecule has 3 rings (SSSR count). The normalized spacial score (nSPS) is 13.8. The molecule has 0 spiro atoms. The predicted molar refractivity (Wildman–Crippen MR) is 77.0 cm³/mol. The van der Waals surface area contributed by atoms with Gasteiger partial charge in [-0.15, -0.1) is 0 Å². The van der Waals surface area contributed by atoms with Gasteiger partial charge in [0.25, 0.3) is 0 Å². The third-order valence-corrected chi connectivity index (χ3v) is 3.66. The maximum atomic E-state index is 10.8. The highest BCUT2D eigenvalue weighted by atomic mass is 16.5. The molecule has 0 amide bonds. The lowest BCUT2D eigenvalue weighted by Crippen LogP contribution is -1.96. The SMILES string of the molecule is COc1ccc2nc3c(c(/C=C/C(=O)O)c2c1)CCC3. The zero-order chi connectivity index (χ0) is 14.1. The number of ether oxygens (including phenoxy) is 1. The van der Waals surface area contributed by atoms with Crippen molar-refractivity contribution in [1.82, 2.24) is 4.98 Å². The highest BCUT2D eigenvalue weighted by Crippen LogP contribution is 2.32. The zero-order valence-corrected chi connectivity index (χ0v) is 11.2. The Morgan fingerprint density at radius 1 is 1.40 bits per heavy atom. The summed E-state index contributed by atoms with van der Waals surface area (Å²) in [4.78, 5) is 15.5. The zero-order valence-electron chi connectivity index (χ0n) is 11.2. The van der Waals surface area contributed by atoms with Crippen LogP contribution < -0.4 is 4.74 Å². The van der Waals surface area contributed by atoms with Gasteiger partial charge >= 0.3 is 5.97 Å². The second-order valence-electron chi connectivity index (χ2n) is 4.86. The van der Waals surface area contributed by atoms with Crippen LogP contribution in [0.1, 0.15) is 23.2 Å². The number of aryl methyl sites for hydroxylation is 1. The Balaban J connectivity index is 2.28. The van der Waals surface area contributed by atoms with Gasteiger partial charge in [0.15, 0.2) is 0 Å². The first kappa shape index (κ1) is 12.7. The molecule has 102 valence electrons. The van der Waals surface area contributed by atoms with Crippen LogP contribution in [0.2, 0.25) is 0 Å². The van der Waals surface area contributed by atoms with Gasteiger partial charge in [-0.1, -0.05) is 0 Å². The van der Waals surface area contributed by atoms with E-state index >= 15 is 0 Å². The summed E-state index contributed by atoms with van der Waals surface area (Å²) in [6, 6.07) is 5.72. The standard InChI is InChI=1S/C16H15NO3/c1-20-10-5-7-15-13(9-10)11(6-8-16(18)19)12-3-2-4-14(12)17-15/h5-9H,2-4H2,1H3,(H,18,19)/b8-6+. The summed E-state index contributed by atoms with van der Waals surface area (Å²) in [5, 5.41) is 9.82. The Morgan fingerprint density at radius 2 is 2.25 bits per heavy atom. The molecule has 2 aromatic rings. The van der Waals surface area contributed by atoms with Gasteiger partial charge in [0.2, 0.25) is 0 Å². The van der Waals surface area contributed by atoms with Gasteiger partial charge in [0, 0.05) is 17.2 Å². The number of fused-ring (bicyclic) bond motifs is 2. The van der Waals surface area contributed by atoms with E-state index in [-0.39, 0.29) is 0 Å². The van der Waals surface area contributed by atoms with Crippen molar-refractivity contribution in [1.29, 1.82) is 0 Å². The van der Waals surface area contributed by atoms with Gasteiger partial charge in [-0.2, -0.15) is 0 Å². The number of nitrogens with zero attached hydrogens (tertiary/aromatic N) is 1. The van der Waals surface area contributed by atoms with Crippen molar-refractivity contribution in [3.63, 3.8) is 0 Å². The quantitative estimate of drug-likeness (QED) is 0.870. The van der Waals surface area contributed by atoms with E-state index in [1.165, 1.54) is 11.6 Å². The third kappa shape index (κ3) is 2.13. The summed E-state index contributed by atoms with van der Waals surface area (Å²) in [6.45, 7) is 0. The molecule has 1 N–H and O–H groups in total. The average Bonchev–Trinajstić information content (AvgIpc) is 2.90. The van der Waals surface area contributed by atoms with Crippen molar-refractivity contribution in [2.24, 2.45) is 0 Å². The Bertz CT molecular complexity index is 719. The molecule has 0 bridgehead atoms. The van der Waals surface area contributed by atoms with Gasteiger partial charge < -0.3 is 9.84 Å². The molecule has 0 fully saturated rings. The van der Waals surface area contributed by atoms with Crippen LogP contribution in [0.4, 0.5) is 0 Å². The third-order valence-electron chi connectivity index (χ3n) is 3.66. The summed E-state index contributed by atoms with van der Waals surface area (Å²) < 4.78 is 5.25. The average molecular weight is 269 g/mol. The van der Waals surface area contributed by atoms with E-state index in [0.717, 1.165) is 47.2 Å². The molecule has 1 aliphatic rings. The molecule has 0 unspecified atom stereocenters. The molecule has 0 saturated heterocycles. The minimum absolute atomic E-state index is 0.752. The number of aliphatic carboxylic acids is 1. The molecule has 1 heterocycles. The monoisotopic (exact) mass is 269 g/mol. The highest BCUT2D eigenvalue weighted by molar-refractivity contribution is 5.94. The molecule has 1 aromatic heterocycles. The fraction of sp³-hybridized carbons (Fsp3) is 0.250. The van der Waals surface area contributed by atoms with Crippen molar-refractivity contribution in [2.45, 2.75) is 19.3 Å². The maximum Gasteiger partial charge on any atom is 0.328 e. The van der Waals surface area contributed by atoms with E-state index in [9.17, 15) is 4.79 Å². The number of hydrogen-bond acceptors (Lipinski definition) is 3. The molecule has 0 atom stereocenters. The van der Waals surface area contributed by atoms with Crippen molar-refractivity contribution in [3.8, 4) is 5.75 Å². The Labute approximate surface area is 116 Å². The van der Waals surface area contributed by atoms with E-state index in [4.69, 9.17) is 9.84 Å². The van der Waals surface area contributed by atoms with Crippen LogP contribution in [0, 0.1) is 0 Å². The van der Waals surface area contributed by atoms with E-state index in [0.29, 0.717) is 0 Å². The van der Waals surface area contributed by atoms with Crippen LogP contribution in [-0.4, -0.2) is 23.2 Å². The van der Waals surface area contributed by atoms with Crippen LogP contribution in [-0.2, 0) is 17.6 Å². The number of hydrogen-bond donors (Lipinski definition) is 1. The second kappa shape index (κ2) is 4.96. The van der Waals surface area contributed by atoms with Gasteiger partial charge in [0.1, 0.15) is 5.75 Å². The van der Waals surface area contributed by atoms with E-state index in [1.807, 2.05) is 18.2 Å². The lowest BCUT2D eigenvalue weighted by molar-refractivity contribution is -0.131. The Hall–Kier alpha value is -2.36. The minimum atomic E-state index is -0.940. The van der Waals surface area contributed by atoms with Crippen LogP contribution >= 0.6 is 0 Å². The van der Waals surface area contributed by atoms with E-state index in [1.54, 1.807) is 13.2 Å². The van der Waals surface area contributed by atoms with Crippen LogP contribution in [0.25, 0.3) is 17.0 Å². The first-order valence-corrected chi connectivity index (χ1v) is 6.59. The van der Waals surface area contributed by atoms with Gasteiger partial charge in [-0.25, -0.2) is 4.79 Å². The van der Waals surface area contributed by atoms with Crippen molar-refractivity contribution in [3.05, 3.63) is 41.1 Å². The van der Waals surface area contributed by atoms with Crippen molar-refractivity contribution < 1.29 is 14.6 Å². The summed E-state index contributed by atoms with van der Waals surface area (Å²) in [5.74, 6) is -0.188. The first-order valence-electron chi connectivity index (χ1n) is 6.59. The predicted octanol–water partition coefficient (Wildman–Crippen LogP) is 2.83. The number of benzene rings is 1. The molecule has 1 aromatic carbocycles. The fourth-order valence-electron chi connectivity index (χ4n) is 2.75. The molecule has 4 heteroatoms. The summed E-state index contributed by atoms with van der Waals surface area (Å²) in [6.07, 6.45) is 5.85. The molecule has 1 aliphatic carbocycles. The molecule has 20 heavy (non-hydrogen) atoms. The van der Waals surface area contributed by atoms with Crippen LogP contribution in [0.15, 0.2) is 24.3 Å². The summed E-state index contributed by atoms with van der Waals surface area (Å²) in [5.41, 5.74) is 4.11. The summed E-state index contributed by atoms with van der Waals surface area (Å²) in [7, 11) is 1.62. The van der Waals surface area contributed by atoms with Crippen molar-refractivity contribution in [2.75, 3.05) is 7.11 Å². The molecule has 4 nitrogen and oxygen atoms in total. The van der Waals surface area contributed by atoms with Crippen molar-refractivity contribution >= 4 is 22.9 Å². The van der Waals surface area contributed by atoms with Crippen LogP contribution in [0.3, 0.4) is 0 Å². The minimum Gasteiger partial charge on any atom is -0.497 e. The smallest absolute Gasteiger partial charge is 0.328 e. The Morgan fingerprint density at radius 3 is 3.00 bits per heavy atom. The number of carboxylic acids is 1. The fourth-order valence-corrected chi connectivity index (χ4v) is 2.75. The largest absolute Gasteiger partial charge is 0.497 e. The van der Waals surface area contributed by atoms with Crippen LogP contribution in [0.5, 0.6) is 5.75 Å². The van der Waals surface area contributed by atoms with Gasteiger partial charge in [-0.05, 0) is 54.7 Å². The first-order chi connectivity index (χ1) is 9.69. The number of rotatable bonds is 3. The number of aromatic nitrogens is 1. The van der Waals surface area contributed by atoms with E-state index < -0.39 is 5.97 Å². The van der Waals surface area contributed by atoms with E-state index in [2.05, 4.69) is 4.98 Å². The lowest BCUT2D eigenvalue weighted by Gasteiger charge is -2.10. The number of methoxy groups -OCH3 is 1. The molecule has 0 radical (unpaired) electrons. The maximum absolute atomic E-state index is 10.8. The number of carbonyl (C=O) groups is 1.